The van der Waals surface area contributed by atoms with E-state index >= 15 is 0 Å². The number of carboxylic acid groups (broad SMARTS) is 1. The molecule has 1 aromatic rings. The molecule has 2 atom stereocenters. The summed E-state index contributed by atoms with van der Waals surface area (Å²) < 4.78 is 5.19. The molecular formula is C17H22N2O5. The molecule has 1 fully saturated rings. The summed E-state index contributed by atoms with van der Waals surface area (Å²) in [5.74, 6) is -1.72. The molecule has 1 heterocycles. The first-order valence-corrected chi connectivity index (χ1v) is 7.92. The SMILES string of the molecule is CCCNC(=O)c1cccc(C(=O)N2CC(OC)CC2C(=O)O)c1. The average Bonchev–Trinajstić information content (AvgIpc) is 3.03. The molecule has 0 bridgehead atoms. The van der Waals surface area contributed by atoms with Gasteiger partial charge >= 0.3 is 5.97 Å². The maximum Gasteiger partial charge on any atom is 0.326 e. The first-order valence-electron chi connectivity index (χ1n) is 7.92. The van der Waals surface area contributed by atoms with Crippen molar-refractivity contribution in [2.45, 2.75) is 31.9 Å². The minimum absolute atomic E-state index is 0.221. The molecule has 130 valence electrons. The number of amides is 2. The van der Waals surface area contributed by atoms with Gasteiger partial charge in [0, 0.05) is 37.7 Å². The Balaban J connectivity index is 2.20. The van der Waals surface area contributed by atoms with Gasteiger partial charge in [-0.1, -0.05) is 13.0 Å². The van der Waals surface area contributed by atoms with Gasteiger partial charge in [0.05, 0.1) is 6.10 Å². The molecule has 0 radical (unpaired) electrons. The number of aliphatic carboxylic acids is 1. The highest BCUT2D eigenvalue weighted by molar-refractivity contribution is 6.01. The lowest BCUT2D eigenvalue weighted by molar-refractivity contribution is -0.141. The van der Waals surface area contributed by atoms with Crippen molar-refractivity contribution < 1.29 is 24.2 Å². The number of rotatable bonds is 6. The number of carbonyl (C=O) groups is 3. The van der Waals surface area contributed by atoms with E-state index in [1.165, 1.54) is 18.1 Å². The average molecular weight is 334 g/mol. The van der Waals surface area contributed by atoms with Crippen LogP contribution in [0.3, 0.4) is 0 Å². The Bertz CT molecular complexity index is 631. The van der Waals surface area contributed by atoms with Gasteiger partial charge in [-0.3, -0.25) is 9.59 Å². The number of hydrogen-bond donors (Lipinski definition) is 2. The Morgan fingerprint density at radius 1 is 1.33 bits per heavy atom. The van der Waals surface area contributed by atoms with Crippen LogP contribution in [0.5, 0.6) is 0 Å². The summed E-state index contributed by atoms with van der Waals surface area (Å²) in [7, 11) is 1.50. The van der Waals surface area contributed by atoms with Crippen LogP contribution in [-0.2, 0) is 9.53 Å². The Labute approximate surface area is 140 Å². The van der Waals surface area contributed by atoms with Crippen molar-refractivity contribution in [1.82, 2.24) is 10.2 Å². The Kier molecular flexibility index (Phi) is 5.92. The van der Waals surface area contributed by atoms with Crippen molar-refractivity contribution in [3.8, 4) is 0 Å². The number of carbonyl (C=O) groups excluding carboxylic acids is 2. The van der Waals surface area contributed by atoms with E-state index in [-0.39, 0.29) is 25.0 Å². The molecule has 0 aromatic heterocycles. The van der Waals surface area contributed by atoms with E-state index in [0.29, 0.717) is 17.7 Å². The standard InChI is InChI=1S/C17H22N2O5/c1-3-7-18-15(20)11-5-4-6-12(8-11)16(21)19-10-13(24-2)9-14(19)17(22)23/h4-6,8,13-14H,3,7,9-10H2,1-2H3,(H,18,20)(H,22,23). The fourth-order valence-corrected chi connectivity index (χ4v) is 2.73. The number of hydrogen-bond acceptors (Lipinski definition) is 4. The highest BCUT2D eigenvalue weighted by Crippen LogP contribution is 2.23. The van der Waals surface area contributed by atoms with Gasteiger partial charge in [0.15, 0.2) is 0 Å². The monoisotopic (exact) mass is 334 g/mol. The predicted octanol–water partition coefficient (Wildman–Crippen LogP) is 1.14. The van der Waals surface area contributed by atoms with Gasteiger partial charge in [-0.05, 0) is 24.6 Å². The minimum Gasteiger partial charge on any atom is -0.480 e. The highest BCUT2D eigenvalue weighted by atomic mass is 16.5. The molecule has 7 nitrogen and oxygen atoms in total. The molecule has 2 amide bonds. The zero-order valence-corrected chi connectivity index (χ0v) is 13.8. The van der Waals surface area contributed by atoms with E-state index < -0.39 is 17.9 Å². The molecule has 1 saturated heterocycles. The number of ether oxygens (including phenoxy) is 1. The number of carboxylic acids is 1. The Morgan fingerprint density at radius 2 is 2.04 bits per heavy atom. The van der Waals surface area contributed by atoms with E-state index in [0.717, 1.165) is 6.42 Å². The summed E-state index contributed by atoms with van der Waals surface area (Å²) in [6.07, 6.45) is 0.775. The first-order chi connectivity index (χ1) is 11.5. The van der Waals surface area contributed by atoms with Gasteiger partial charge in [-0.2, -0.15) is 0 Å². The third kappa shape index (κ3) is 3.91. The van der Waals surface area contributed by atoms with Crippen molar-refractivity contribution in [1.29, 1.82) is 0 Å². The maximum atomic E-state index is 12.7. The van der Waals surface area contributed by atoms with Crippen molar-refractivity contribution >= 4 is 17.8 Å². The lowest BCUT2D eigenvalue weighted by Gasteiger charge is -2.21. The second-order valence-corrected chi connectivity index (χ2v) is 5.74. The molecule has 2 N–H and O–H groups in total. The van der Waals surface area contributed by atoms with Crippen LogP contribution in [0.4, 0.5) is 0 Å². The lowest BCUT2D eigenvalue weighted by atomic mass is 10.1. The Morgan fingerprint density at radius 3 is 2.67 bits per heavy atom. The van der Waals surface area contributed by atoms with Crippen LogP contribution in [0.25, 0.3) is 0 Å². The molecule has 1 aliphatic heterocycles. The lowest BCUT2D eigenvalue weighted by Crippen LogP contribution is -2.40. The van der Waals surface area contributed by atoms with Gasteiger partial charge in [0.25, 0.3) is 11.8 Å². The largest absolute Gasteiger partial charge is 0.480 e. The molecular weight excluding hydrogens is 312 g/mol. The third-order valence-corrected chi connectivity index (χ3v) is 4.05. The van der Waals surface area contributed by atoms with E-state index in [1.54, 1.807) is 18.2 Å². The molecule has 24 heavy (non-hydrogen) atoms. The zero-order chi connectivity index (χ0) is 17.7. The second kappa shape index (κ2) is 7.92. The number of nitrogens with one attached hydrogen (secondary N) is 1. The summed E-state index contributed by atoms with van der Waals surface area (Å²) >= 11 is 0. The van der Waals surface area contributed by atoms with Crippen molar-refractivity contribution in [3.63, 3.8) is 0 Å². The molecule has 0 saturated carbocycles. The number of likely N-dealkylation sites (tertiary alicyclic amines) is 1. The van der Waals surface area contributed by atoms with Crippen molar-refractivity contribution in [3.05, 3.63) is 35.4 Å². The molecule has 0 spiro atoms. The van der Waals surface area contributed by atoms with Crippen LogP contribution in [0, 0.1) is 0 Å². The van der Waals surface area contributed by atoms with E-state index in [9.17, 15) is 19.5 Å². The van der Waals surface area contributed by atoms with E-state index in [1.807, 2.05) is 6.92 Å². The van der Waals surface area contributed by atoms with Crippen molar-refractivity contribution in [2.24, 2.45) is 0 Å². The number of benzene rings is 1. The summed E-state index contributed by atoms with van der Waals surface area (Å²) in [4.78, 5) is 37.4. The topological polar surface area (TPSA) is 95.9 Å². The van der Waals surface area contributed by atoms with E-state index in [4.69, 9.17) is 4.74 Å². The molecule has 2 unspecified atom stereocenters. The summed E-state index contributed by atoms with van der Waals surface area (Å²) in [5, 5.41) is 12.1. The summed E-state index contributed by atoms with van der Waals surface area (Å²) in [6.45, 7) is 2.73. The highest BCUT2D eigenvalue weighted by Gasteiger charge is 2.40. The van der Waals surface area contributed by atoms with Crippen molar-refractivity contribution in [2.75, 3.05) is 20.2 Å². The second-order valence-electron chi connectivity index (χ2n) is 5.74. The van der Waals surface area contributed by atoms with Crippen LogP contribution in [0.1, 0.15) is 40.5 Å². The molecule has 1 aliphatic rings. The predicted molar refractivity (Wildman–Crippen MR) is 86.9 cm³/mol. The smallest absolute Gasteiger partial charge is 0.326 e. The van der Waals surface area contributed by atoms with Crippen LogP contribution in [0.2, 0.25) is 0 Å². The van der Waals surface area contributed by atoms with Crippen LogP contribution in [-0.4, -0.2) is 60.1 Å². The molecule has 1 aromatic carbocycles. The van der Waals surface area contributed by atoms with Crippen LogP contribution in [0.15, 0.2) is 24.3 Å². The van der Waals surface area contributed by atoms with Gasteiger partial charge < -0.3 is 20.1 Å². The fourth-order valence-electron chi connectivity index (χ4n) is 2.73. The normalized spacial score (nSPS) is 20.0. The van der Waals surface area contributed by atoms with Crippen LogP contribution >= 0.6 is 0 Å². The Hall–Kier alpha value is -2.41. The van der Waals surface area contributed by atoms with Gasteiger partial charge in [0.1, 0.15) is 6.04 Å². The zero-order valence-electron chi connectivity index (χ0n) is 13.8. The molecule has 7 heteroatoms. The van der Waals surface area contributed by atoms with E-state index in [2.05, 4.69) is 5.32 Å². The molecule has 2 rings (SSSR count). The number of nitrogens with zero attached hydrogens (tertiary/aromatic N) is 1. The summed E-state index contributed by atoms with van der Waals surface area (Å²) in [6, 6.07) is 5.40. The third-order valence-electron chi connectivity index (χ3n) is 4.05. The fraction of sp³-hybridized carbons (Fsp3) is 0.471. The number of methoxy groups -OCH3 is 1. The summed E-state index contributed by atoms with van der Waals surface area (Å²) in [5.41, 5.74) is 0.672. The first kappa shape index (κ1) is 17.9. The maximum absolute atomic E-state index is 12.7. The molecule has 0 aliphatic carbocycles. The van der Waals surface area contributed by atoms with Crippen LogP contribution < -0.4 is 5.32 Å². The van der Waals surface area contributed by atoms with Gasteiger partial charge in [0.2, 0.25) is 0 Å². The quantitative estimate of drug-likeness (QED) is 0.813. The minimum atomic E-state index is -1.06. The van der Waals surface area contributed by atoms with Gasteiger partial charge in [-0.25, -0.2) is 4.79 Å². The van der Waals surface area contributed by atoms with Gasteiger partial charge in [-0.15, -0.1) is 0 Å².